The number of carboxylic acids is 1. The number of para-hydroxylation sites is 1. The first-order valence-corrected chi connectivity index (χ1v) is 9.33. The second kappa shape index (κ2) is 8.50. The summed E-state index contributed by atoms with van der Waals surface area (Å²) >= 11 is 0. The zero-order chi connectivity index (χ0) is 21.8. The minimum absolute atomic E-state index is 0.000252. The molecular weight excluding hydrogens is 378 g/mol. The van der Waals surface area contributed by atoms with E-state index in [0.717, 1.165) is 28.2 Å². The fourth-order valence-electron chi connectivity index (χ4n) is 3.29. The Kier molecular flexibility index (Phi) is 5.84. The van der Waals surface area contributed by atoms with Crippen LogP contribution in [0.5, 0.6) is 0 Å². The molecule has 1 aromatic heterocycles. The number of nitrogens with zero attached hydrogens (tertiary/aromatic N) is 2. The second-order valence-electron chi connectivity index (χ2n) is 6.95. The molecule has 3 rings (SSSR count). The van der Waals surface area contributed by atoms with Crippen LogP contribution in [0.3, 0.4) is 0 Å². The lowest BCUT2D eigenvalue weighted by molar-refractivity contribution is -0.112. The molecule has 0 aliphatic heterocycles. The van der Waals surface area contributed by atoms with Crippen molar-refractivity contribution in [3.8, 4) is 11.8 Å². The summed E-state index contributed by atoms with van der Waals surface area (Å²) in [6.07, 6.45) is 1.57. The minimum Gasteiger partial charge on any atom is -0.478 e. The highest BCUT2D eigenvalue weighted by molar-refractivity contribution is 6.10. The third-order valence-corrected chi connectivity index (χ3v) is 4.90. The third kappa shape index (κ3) is 4.15. The topological polar surface area (TPSA) is 95.1 Å². The summed E-state index contributed by atoms with van der Waals surface area (Å²) in [7, 11) is 0. The van der Waals surface area contributed by atoms with Gasteiger partial charge in [-0.3, -0.25) is 4.79 Å². The number of rotatable bonds is 5. The molecule has 0 saturated carbocycles. The molecule has 1 heterocycles. The number of aryl methyl sites for hydroxylation is 2. The van der Waals surface area contributed by atoms with Crippen molar-refractivity contribution in [2.75, 3.05) is 5.32 Å². The van der Waals surface area contributed by atoms with E-state index >= 15 is 0 Å². The quantitative estimate of drug-likeness (QED) is 0.482. The first-order chi connectivity index (χ1) is 14.3. The van der Waals surface area contributed by atoms with Crippen LogP contribution in [0.25, 0.3) is 11.8 Å². The van der Waals surface area contributed by atoms with Crippen molar-refractivity contribution in [1.29, 1.82) is 5.26 Å². The van der Waals surface area contributed by atoms with Crippen LogP contribution in [0.15, 0.2) is 60.2 Å². The standard InChI is InChI=1S/C24H21N3O3/c1-15-6-4-5-7-22(15)26-23(28)20(14-25)13-19-12-16(2)27(17(19)3)21-10-8-18(9-11-21)24(29)30/h4-13H,1-3H3,(H,26,28)(H,29,30)/b20-13-. The Morgan fingerprint density at radius 3 is 2.33 bits per heavy atom. The number of nitriles is 1. The van der Waals surface area contributed by atoms with Crippen LogP contribution in [0.4, 0.5) is 5.69 Å². The van der Waals surface area contributed by atoms with Crippen molar-refractivity contribution in [3.63, 3.8) is 0 Å². The lowest BCUT2D eigenvalue weighted by Gasteiger charge is -2.10. The number of carboxylic acid groups (broad SMARTS) is 1. The van der Waals surface area contributed by atoms with E-state index < -0.39 is 11.9 Å². The lowest BCUT2D eigenvalue weighted by Crippen LogP contribution is -2.14. The monoisotopic (exact) mass is 399 g/mol. The van der Waals surface area contributed by atoms with Crippen LogP contribution >= 0.6 is 0 Å². The molecule has 3 aromatic rings. The average molecular weight is 399 g/mol. The Morgan fingerprint density at radius 1 is 1.07 bits per heavy atom. The first kappa shape index (κ1) is 20.6. The van der Waals surface area contributed by atoms with Gasteiger partial charge in [-0.1, -0.05) is 18.2 Å². The summed E-state index contributed by atoms with van der Waals surface area (Å²) in [6, 6.07) is 17.8. The average Bonchev–Trinajstić information content (AvgIpc) is 3.00. The van der Waals surface area contributed by atoms with E-state index in [4.69, 9.17) is 5.11 Å². The number of benzene rings is 2. The maximum Gasteiger partial charge on any atom is 0.335 e. The number of hydrogen-bond acceptors (Lipinski definition) is 3. The molecule has 6 heteroatoms. The van der Waals surface area contributed by atoms with Gasteiger partial charge in [-0.25, -0.2) is 4.79 Å². The predicted octanol–water partition coefficient (Wildman–Crippen LogP) is 4.65. The van der Waals surface area contributed by atoms with Gasteiger partial charge in [0.1, 0.15) is 11.6 Å². The summed E-state index contributed by atoms with van der Waals surface area (Å²) in [6.45, 7) is 5.68. The van der Waals surface area contributed by atoms with E-state index in [0.29, 0.717) is 5.69 Å². The number of hydrogen-bond donors (Lipinski definition) is 2. The molecule has 0 aliphatic rings. The van der Waals surface area contributed by atoms with E-state index in [1.165, 1.54) is 0 Å². The zero-order valence-corrected chi connectivity index (χ0v) is 16.9. The zero-order valence-electron chi connectivity index (χ0n) is 16.9. The fraction of sp³-hybridized carbons (Fsp3) is 0.125. The Morgan fingerprint density at radius 2 is 1.73 bits per heavy atom. The van der Waals surface area contributed by atoms with Gasteiger partial charge in [-0.15, -0.1) is 0 Å². The molecule has 0 radical (unpaired) electrons. The summed E-state index contributed by atoms with van der Waals surface area (Å²) < 4.78 is 1.95. The highest BCUT2D eigenvalue weighted by Crippen LogP contribution is 2.24. The number of amides is 1. The Bertz CT molecular complexity index is 1200. The molecule has 2 N–H and O–H groups in total. The Balaban J connectivity index is 1.93. The number of anilines is 1. The van der Waals surface area contributed by atoms with Crippen LogP contribution in [0, 0.1) is 32.1 Å². The van der Waals surface area contributed by atoms with Crippen LogP contribution in [-0.2, 0) is 4.79 Å². The molecule has 0 saturated heterocycles. The molecule has 0 unspecified atom stereocenters. The molecule has 0 bridgehead atoms. The number of carbonyl (C=O) groups is 2. The molecule has 1 amide bonds. The van der Waals surface area contributed by atoms with Crippen LogP contribution in [0.1, 0.15) is 32.9 Å². The lowest BCUT2D eigenvalue weighted by atomic mass is 10.1. The Hall–Kier alpha value is -4.11. The first-order valence-electron chi connectivity index (χ1n) is 9.33. The van der Waals surface area contributed by atoms with Crippen molar-refractivity contribution in [2.24, 2.45) is 0 Å². The van der Waals surface area contributed by atoms with Gasteiger partial charge in [0, 0.05) is 22.8 Å². The number of aromatic carboxylic acids is 1. The van der Waals surface area contributed by atoms with E-state index in [1.807, 2.05) is 55.7 Å². The van der Waals surface area contributed by atoms with E-state index in [9.17, 15) is 14.9 Å². The van der Waals surface area contributed by atoms with E-state index in [2.05, 4.69) is 5.32 Å². The molecule has 6 nitrogen and oxygen atoms in total. The molecule has 150 valence electrons. The summed E-state index contributed by atoms with van der Waals surface area (Å²) in [4.78, 5) is 23.7. The van der Waals surface area contributed by atoms with Crippen molar-refractivity contribution < 1.29 is 14.7 Å². The van der Waals surface area contributed by atoms with Crippen molar-refractivity contribution in [1.82, 2.24) is 4.57 Å². The van der Waals surface area contributed by atoms with Gasteiger partial charge in [0.15, 0.2) is 0 Å². The van der Waals surface area contributed by atoms with Gasteiger partial charge in [-0.2, -0.15) is 5.26 Å². The largest absolute Gasteiger partial charge is 0.478 e. The molecular formula is C24H21N3O3. The number of aromatic nitrogens is 1. The second-order valence-corrected chi connectivity index (χ2v) is 6.95. The Labute approximate surface area is 174 Å². The van der Waals surface area contributed by atoms with Crippen molar-refractivity contribution in [3.05, 3.63) is 88.2 Å². The molecule has 0 atom stereocenters. The summed E-state index contributed by atoms with van der Waals surface area (Å²) in [5.41, 5.74) is 5.06. The van der Waals surface area contributed by atoms with Crippen LogP contribution in [0.2, 0.25) is 0 Å². The smallest absolute Gasteiger partial charge is 0.335 e. The summed E-state index contributed by atoms with van der Waals surface area (Å²) in [5.74, 6) is -1.45. The van der Waals surface area contributed by atoms with Gasteiger partial charge in [0.2, 0.25) is 0 Å². The third-order valence-electron chi connectivity index (χ3n) is 4.90. The van der Waals surface area contributed by atoms with E-state index in [-0.39, 0.29) is 11.1 Å². The molecule has 30 heavy (non-hydrogen) atoms. The highest BCUT2D eigenvalue weighted by atomic mass is 16.4. The fourth-order valence-corrected chi connectivity index (χ4v) is 3.29. The minimum atomic E-state index is -0.982. The number of carbonyl (C=O) groups excluding carboxylic acids is 1. The molecule has 2 aromatic carbocycles. The van der Waals surface area contributed by atoms with Gasteiger partial charge in [-0.05, 0) is 74.4 Å². The summed E-state index contributed by atoms with van der Waals surface area (Å²) in [5, 5.41) is 21.4. The highest BCUT2D eigenvalue weighted by Gasteiger charge is 2.15. The van der Waals surface area contributed by atoms with Gasteiger partial charge in [0.25, 0.3) is 5.91 Å². The van der Waals surface area contributed by atoms with Crippen LogP contribution in [-0.4, -0.2) is 21.6 Å². The van der Waals surface area contributed by atoms with E-state index in [1.54, 1.807) is 36.4 Å². The maximum atomic E-state index is 12.6. The van der Waals surface area contributed by atoms with Crippen molar-refractivity contribution >= 4 is 23.6 Å². The molecule has 0 spiro atoms. The normalized spacial score (nSPS) is 11.1. The van der Waals surface area contributed by atoms with Crippen molar-refractivity contribution in [2.45, 2.75) is 20.8 Å². The maximum absolute atomic E-state index is 12.6. The van der Waals surface area contributed by atoms with Crippen LogP contribution < -0.4 is 5.32 Å². The predicted molar refractivity (Wildman–Crippen MR) is 116 cm³/mol. The van der Waals surface area contributed by atoms with Gasteiger partial charge in [0.05, 0.1) is 5.56 Å². The SMILES string of the molecule is Cc1ccccc1NC(=O)/C(C#N)=C\c1cc(C)n(-c2ccc(C(=O)O)cc2)c1C. The molecule has 0 fully saturated rings. The van der Waals surface area contributed by atoms with Gasteiger partial charge >= 0.3 is 5.97 Å². The number of nitrogens with one attached hydrogen (secondary N) is 1. The van der Waals surface area contributed by atoms with Gasteiger partial charge < -0.3 is 15.0 Å². The molecule has 0 aliphatic carbocycles.